The summed E-state index contributed by atoms with van der Waals surface area (Å²) in [5.41, 5.74) is 1.55. The van der Waals surface area contributed by atoms with Crippen LogP contribution in [-0.4, -0.2) is 14.6 Å². The van der Waals surface area contributed by atoms with Crippen LogP contribution in [0, 0.1) is 0 Å². The Morgan fingerprint density at radius 3 is 2.94 bits per heavy atom. The van der Waals surface area contributed by atoms with Crippen molar-refractivity contribution in [3.63, 3.8) is 0 Å². The minimum Gasteiger partial charge on any atom is -0.291 e. The highest BCUT2D eigenvalue weighted by atomic mass is 16.1. The van der Waals surface area contributed by atoms with Gasteiger partial charge in [0.1, 0.15) is 11.3 Å². The molecule has 0 amide bonds. The fourth-order valence-corrected chi connectivity index (χ4v) is 2.06. The van der Waals surface area contributed by atoms with Gasteiger partial charge in [-0.05, 0) is 12.1 Å². The Morgan fingerprint density at radius 2 is 2.12 bits per heavy atom. The smallest absolute Gasteiger partial charge is 0.288 e. The van der Waals surface area contributed by atoms with Gasteiger partial charge in [0.15, 0.2) is 0 Å². The summed E-state index contributed by atoms with van der Waals surface area (Å²) in [5.74, 6) is 0.871. The molecule has 0 aliphatic heterocycles. The molecule has 3 aromatic rings. The van der Waals surface area contributed by atoms with Crippen LogP contribution in [0.1, 0.15) is 12.7 Å². The molecular weight excluding hydrogens is 202 g/mol. The summed E-state index contributed by atoms with van der Waals surface area (Å²) in [7, 11) is 0. The minimum absolute atomic E-state index is 0.145. The molecule has 80 valence electrons. The molecule has 1 aromatic carbocycles. The van der Waals surface area contributed by atoms with Crippen molar-refractivity contribution in [3.8, 4) is 0 Å². The molecule has 0 aliphatic carbocycles. The average molecular weight is 213 g/mol. The Hall–Kier alpha value is -2.10. The van der Waals surface area contributed by atoms with Crippen molar-refractivity contribution in [3.05, 3.63) is 46.5 Å². The number of aromatic nitrogens is 3. The number of para-hydroxylation sites is 1. The highest BCUT2D eigenvalue weighted by molar-refractivity contribution is 5.86. The Morgan fingerprint density at radius 1 is 1.31 bits per heavy atom. The predicted molar refractivity (Wildman–Crippen MR) is 62.7 cm³/mol. The number of nitrogens with zero attached hydrogens (tertiary/aromatic N) is 2. The predicted octanol–water partition coefficient (Wildman–Crippen LogP) is 1.74. The third-order valence-corrected chi connectivity index (χ3v) is 2.80. The van der Waals surface area contributed by atoms with Crippen LogP contribution in [0.2, 0.25) is 0 Å². The molecule has 4 nitrogen and oxygen atoms in total. The van der Waals surface area contributed by atoms with Gasteiger partial charge in [-0.2, -0.15) is 5.10 Å². The summed E-state index contributed by atoms with van der Waals surface area (Å²) >= 11 is 0. The van der Waals surface area contributed by atoms with E-state index in [2.05, 4.69) is 10.2 Å². The van der Waals surface area contributed by atoms with E-state index >= 15 is 0 Å². The highest BCUT2D eigenvalue weighted by Crippen LogP contribution is 2.18. The van der Waals surface area contributed by atoms with E-state index in [1.807, 2.05) is 41.7 Å². The normalized spacial score (nSPS) is 11.3. The zero-order valence-electron chi connectivity index (χ0n) is 8.90. The van der Waals surface area contributed by atoms with E-state index in [-0.39, 0.29) is 5.56 Å². The van der Waals surface area contributed by atoms with Crippen molar-refractivity contribution in [2.45, 2.75) is 13.3 Å². The van der Waals surface area contributed by atoms with E-state index < -0.39 is 0 Å². The number of nitrogens with one attached hydrogen (secondary N) is 1. The maximum Gasteiger partial charge on any atom is 0.288 e. The number of aromatic amines is 1. The number of aryl methyl sites for hydroxylation is 1. The van der Waals surface area contributed by atoms with Gasteiger partial charge in [0.2, 0.25) is 0 Å². The lowest BCUT2D eigenvalue weighted by atomic mass is 10.2. The van der Waals surface area contributed by atoms with Crippen molar-refractivity contribution < 1.29 is 0 Å². The first-order chi connectivity index (χ1) is 7.81. The zero-order valence-corrected chi connectivity index (χ0v) is 8.90. The Bertz CT molecular complexity index is 724. The molecule has 0 unspecified atom stereocenters. The Labute approximate surface area is 91.5 Å². The van der Waals surface area contributed by atoms with Crippen molar-refractivity contribution in [1.29, 1.82) is 0 Å². The lowest BCUT2D eigenvalue weighted by molar-refractivity contribution is 0.820. The third-order valence-electron chi connectivity index (χ3n) is 2.80. The van der Waals surface area contributed by atoms with Crippen LogP contribution in [0.15, 0.2) is 35.1 Å². The number of rotatable bonds is 1. The molecule has 3 rings (SSSR count). The molecule has 0 saturated carbocycles. The van der Waals surface area contributed by atoms with E-state index in [4.69, 9.17) is 0 Å². The first-order valence-electron chi connectivity index (χ1n) is 5.29. The van der Waals surface area contributed by atoms with E-state index in [0.29, 0.717) is 5.52 Å². The number of hydrogen-bond donors (Lipinski definition) is 1. The van der Waals surface area contributed by atoms with Gasteiger partial charge in [0, 0.05) is 11.8 Å². The summed E-state index contributed by atoms with van der Waals surface area (Å²) in [6, 6.07) is 9.84. The number of hydrogen-bond acceptors (Lipinski definition) is 2. The van der Waals surface area contributed by atoms with E-state index in [9.17, 15) is 4.79 Å². The van der Waals surface area contributed by atoms with Gasteiger partial charge in [-0.3, -0.25) is 9.20 Å². The van der Waals surface area contributed by atoms with Gasteiger partial charge in [0.25, 0.3) is 5.56 Å². The van der Waals surface area contributed by atoms with Crippen molar-refractivity contribution in [2.75, 3.05) is 0 Å². The standard InChI is InChI=1S/C12H11N3O/c1-2-11-13-14-12(16)10-7-8-5-3-4-6-9(8)15(10)11/h3-7H,2H2,1H3,(H,14,16). The van der Waals surface area contributed by atoms with Crippen LogP contribution < -0.4 is 5.56 Å². The largest absolute Gasteiger partial charge is 0.291 e. The van der Waals surface area contributed by atoms with Crippen molar-refractivity contribution in [1.82, 2.24) is 14.6 Å². The summed E-state index contributed by atoms with van der Waals surface area (Å²) in [5, 5.41) is 7.67. The van der Waals surface area contributed by atoms with Gasteiger partial charge in [-0.25, -0.2) is 5.10 Å². The molecule has 2 heterocycles. The van der Waals surface area contributed by atoms with Gasteiger partial charge >= 0.3 is 0 Å². The zero-order chi connectivity index (χ0) is 11.1. The fraction of sp³-hybridized carbons (Fsp3) is 0.167. The second kappa shape index (κ2) is 3.20. The molecule has 16 heavy (non-hydrogen) atoms. The maximum absolute atomic E-state index is 11.7. The fourth-order valence-electron chi connectivity index (χ4n) is 2.06. The van der Waals surface area contributed by atoms with Gasteiger partial charge in [-0.1, -0.05) is 25.1 Å². The monoisotopic (exact) mass is 213 g/mol. The quantitative estimate of drug-likeness (QED) is 0.669. The van der Waals surface area contributed by atoms with Crippen LogP contribution in [0.25, 0.3) is 16.4 Å². The first kappa shape index (κ1) is 9.15. The number of H-pyrrole nitrogens is 1. The van der Waals surface area contributed by atoms with E-state index in [1.165, 1.54) is 0 Å². The van der Waals surface area contributed by atoms with Crippen LogP contribution in [-0.2, 0) is 6.42 Å². The van der Waals surface area contributed by atoms with E-state index in [1.54, 1.807) is 0 Å². The lowest BCUT2D eigenvalue weighted by Gasteiger charge is -2.02. The Kier molecular flexibility index (Phi) is 1.83. The summed E-state index contributed by atoms with van der Waals surface area (Å²) in [6.07, 6.45) is 0.784. The van der Waals surface area contributed by atoms with Crippen LogP contribution in [0.5, 0.6) is 0 Å². The SMILES string of the molecule is CCc1n[nH]c(=O)c2cc3ccccc3n12. The molecular formula is C12H11N3O. The summed E-state index contributed by atoms with van der Waals surface area (Å²) in [6.45, 7) is 2.02. The average Bonchev–Trinajstić information content (AvgIpc) is 2.70. The molecule has 0 spiro atoms. The maximum atomic E-state index is 11.7. The lowest BCUT2D eigenvalue weighted by Crippen LogP contribution is -2.14. The Balaban J connectivity index is 2.64. The van der Waals surface area contributed by atoms with Crippen LogP contribution in [0.4, 0.5) is 0 Å². The van der Waals surface area contributed by atoms with Crippen molar-refractivity contribution in [2.24, 2.45) is 0 Å². The highest BCUT2D eigenvalue weighted by Gasteiger charge is 2.08. The molecule has 0 radical (unpaired) electrons. The second-order valence-electron chi connectivity index (χ2n) is 3.75. The molecule has 0 saturated heterocycles. The topological polar surface area (TPSA) is 50.2 Å². The molecule has 0 bridgehead atoms. The number of benzene rings is 1. The van der Waals surface area contributed by atoms with Crippen LogP contribution in [0.3, 0.4) is 0 Å². The van der Waals surface area contributed by atoms with Gasteiger partial charge in [0.05, 0.1) is 5.52 Å². The molecule has 1 N–H and O–H groups in total. The third kappa shape index (κ3) is 1.10. The van der Waals surface area contributed by atoms with Gasteiger partial charge < -0.3 is 0 Å². The van der Waals surface area contributed by atoms with Crippen LogP contribution >= 0.6 is 0 Å². The molecule has 0 fully saturated rings. The van der Waals surface area contributed by atoms with Crippen molar-refractivity contribution >= 4 is 16.4 Å². The molecule has 0 aliphatic rings. The molecule has 2 aromatic heterocycles. The summed E-state index contributed by atoms with van der Waals surface area (Å²) in [4.78, 5) is 11.7. The van der Waals surface area contributed by atoms with E-state index in [0.717, 1.165) is 23.1 Å². The molecule has 0 atom stereocenters. The summed E-state index contributed by atoms with van der Waals surface area (Å²) < 4.78 is 1.92. The van der Waals surface area contributed by atoms with Gasteiger partial charge in [-0.15, -0.1) is 0 Å². The first-order valence-corrected chi connectivity index (χ1v) is 5.29. The minimum atomic E-state index is -0.145. The molecule has 4 heteroatoms. The number of fused-ring (bicyclic) bond motifs is 3. The second-order valence-corrected chi connectivity index (χ2v) is 3.75.